The van der Waals surface area contributed by atoms with Crippen LogP contribution in [0, 0.1) is 5.41 Å². The van der Waals surface area contributed by atoms with Crippen LogP contribution in [0.3, 0.4) is 0 Å². The molecule has 46 heavy (non-hydrogen) atoms. The number of carbonyl (C=O) groups is 2. The van der Waals surface area contributed by atoms with E-state index < -0.39 is 12.1 Å². The molecule has 1 atom stereocenters. The second-order valence-electron chi connectivity index (χ2n) is 12.3. The molecule has 7 rings (SSSR count). The van der Waals surface area contributed by atoms with E-state index in [9.17, 15) is 18.0 Å². The zero-order valence-corrected chi connectivity index (χ0v) is 25.4. The molecule has 1 unspecified atom stereocenters. The molecular weight excluding hydrogens is 595 g/mol. The molecule has 0 radical (unpaired) electrons. The van der Waals surface area contributed by atoms with Gasteiger partial charge in [-0.05, 0) is 91.2 Å². The van der Waals surface area contributed by atoms with Crippen molar-refractivity contribution in [3.05, 3.63) is 95.2 Å². The van der Waals surface area contributed by atoms with Crippen LogP contribution in [-0.4, -0.2) is 64.4 Å². The van der Waals surface area contributed by atoms with Crippen molar-refractivity contribution in [3.63, 3.8) is 0 Å². The number of carboxylic acid groups (broad SMARTS) is 1. The van der Waals surface area contributed by atoms with Crippen LogP contribution < -0.4 is 4.74 Å². The van der Waals surface area contributed by atoms with Gasteiger partial charge in [0.15, 0.2) is 5.78 Å². The van der Waals surface area contributed by atoms with Gasteiger partial charge in [0.1, 0.15) is 12.4 Å². The van der Waals surface area contributed by atoms with Gasteiger partial charge in [-0.1, -0.05) is 55.0 Å². The summed E-state index contributed by atoms with van der Waals surface area (Å²) in [5.74, 6) is -1.65. The van der Waals surface area contributed by atoms with Gasteiger partial charge in [0, 0.05) is 29.3 Å². The maximum Gasteiger partial charge on any atom is 0.490 e. The van der Waals surface area contributed by atoms with E-state index in [0.29, 0.717) is 13.0 Å². The third kappa shape index (κ3) is 6.58. The van der Waals surface area contributed by atoms with Crippen LogP contribution in [0.15, 0.2) is 72.9 Å². The van der Waals surface area contributed by atoms with Crippen LogP contribution in [0.1, 0.15) is 54.4 Å². The maximum absolute atomic E-state index is 13.7. The number of H-pyrrole nitrogens is 1. The Labute approximate surface area is 265 Å². The molecule has 3 aromatic carbocycles. The van der Waals surface area contributed by atoms with Gasteiger partial charge in [-0.25, -0.2) is 4.79 Å². The van der Waals surface area contributed by atoms with Crippen molar-refractivity contribution in [1.29, 1.82) is 0 Å². The molecule has 2 heterocycles. The second-order valence-corrected chi connectivity index (χ2v) is 12.3. The fourth-order valence-corrected chi connectivity index (χ4v) is 7.17. The summed E-state index contributed by atoms with van der Waals surface area (Å²) in [4.78, 5) is 25.1. The molecule has 240 valence electrons. The number of Topliss-reactive ketones (excluding diaryl/α,β-unsaturated/α-hetero) is 1. The first-order valence-electron chi connectivity index (χ1n) is 15.7. The van der Waals surface area contributed by atoms with Crippen LogP contribution >= 0.6 is 0 Å². The highest BCUT2D eigenvalue weighted by Crippen LogP contribution is 2.58. The van der Waals surface area contributed by atoms with Gasteiger partial charge in [-0.2, -0.15) is 18.3 Å². The van der Waals surface area contributed by atoms with Gasteiger partial charge in [-0.15, -0.1) is 0 Å². The average molecular weight is 632 g/mol. The Balaban J connectivity index is 0.000000480. The zero-order chi connectivity index (χ0) is 32.3. The van der Waals surface area contributed by atoms with Crippen molar-refractivity contribution < 1.29 is 32.6 Å². The van der Waals surface area contributed by atoms with E-state index in [1.165, 1.54) is 60.0 Å². The largest absolute Gasteiger partial charge is 0.492 e. The summed E-state index contributed by atoms with van der Waals surface area (Å²) < 4.78 is 37.8. The summed E-state index contributed by atoms with van der Waals surface area (Å²) in [7, 11) is 0. The molecule has 1 aromatic heterocycles. The molecular formula is C36H36F3N3O4. The summed E-state index contributed by atoms with van der Waals surface area (Å²) in [5, 5.41) is 15.8. The lowest BCUT2D eigenvalue weighted by molar-refractivity contribution is -0.192. The Morgan fingerprint density at radius 3 is 2.41 bits per heavy atom. The average Bonchev–Trinajstić information content (AvgIpc) is 3.66. The van der Waals surface area contributed by atoms with Gasteiger partial charge in [0.05, 0.1) is 11.7 Å². The number of alkyl halides is 3. The topological polar surface area (TPSA) is 95.5 Å². The molecule has 0 bridgehead atoms. The Hall–Kier alpha value is -4.44. The monoisotopic (exact) mass is 631 g/mol. The van der Waals surface area contributed by atoms with E-state index in [4.69, 9.17) is 14.6 Å². The van der Waals surface area contributed by atoms with Crippen molar-refractivity contribution in [2.24, 2.45) is 5.41 Å². The predicted octanol–water partition coefficient (Wildman–Crippen LogP) is 7.12. The lowest BCUT2D eigenvalue weighted by atomic mass is 9.65. The highest BCUT2D eigenvalue weighted by atomic mass is 19.4. The van der Waals surface area contributed by atoms with Crippen molar-refractivity contribution in [2.45, 2.75) is 51.1 Å². The van der Waals surface area contributed by atoms with Crippen molar-refractivity contribution in [1.82, 2.24) is 15.1 Å². The summed E-state index contributed by atoms with van der Waals surface area (Å²) in [6.45, 7) is 4.02. The number of carboxylic acids is 1. The summed E-state index contributed by atoms with van der Waals surface area (Å²) in [5.41, 5.74) is 7.90. The Kier molecular flexibility index (Phi) is 8.99. The molecule has 7 nitrogen and oxygen atoms in total. The molecule has 0 amide bonds. The first kappa shape index (κ1) is 31.5. The molecule has 0 spiro atoms. The number of allylic oxidation sites excluding steroid dienone is 2. The van der Waals surface area contributed by atoms with E-state index in [0.717, 1.165) is 48.2 Å². The maximum atomic E-state index is 13.7. The number of aromatic nitrogens is 2. The lowest BCUT2D eigenvalue weighted by Gasteiger charge is -2.37. The highest BCUT2D eigenvalue weighted by Gasteiger charge is 2.48. The fourth-order valence-electron chi connectivity index (χ4n) is 7.17. The van der Waals surface area contributed by atoms with Crippen LogP contribution in [0.2, 0.25) is 0 Å². The number of nitrogens with one attached hydrogen (secondary N) is 1. The van der Waals surface area contributed by atoms with Gasteiger partial charge in [-0.3, -0.25) is 14.8 Å². The minimum atomic E-state index is -5.08. The number of aromatic amines is 1. The number of nitrogens with zero attached hydrogens (tertiary/aromatic N) is 2. The number of benzene rings is 3. The molecule has 4 aromatic rings. The smallest absolute Gasteiger partial charge is 0.490 e. The minimum absolute atomic E-state index is 0.109. The Bertz CT molecular complexity index is 1740. The van der Waals surface area contributed by atoms with E-state index >= 15 is 0 Å². The van der Waals surface area contributed by atoms with Crippen LogP contribution in [0.5, 0.6) is 5.75 Å². The van der Waals surface area contributed by atoms with Crippen LogP contribution in [0.25, 0.3) is 22.0 Å². The Morgan fingerprint density at radius 2 is 1.72 bits per heavy atom. The summed E-state index contributed by atoms with van der Waals surface area (Å²) in [6.07, 6.45) is 4.08. The lowest BCUT2D eigenvalue weighted by Crippen LogP contribution is -2.33. The van der Waals surface area contributed by atoms with Gasteiger partial charge in [0.2, 0.25) is 0 Å². The number of likely N-dealkylation sites (tertiary alicyclic amines) is 1. The molecule has 1 fully saturated rings. The number of rotatable bonds is 7. The molecule has 2 aliphatic carbocycles. The number of fused-ring (bicyclic) bond motifs is 5. The van der Waals surface area contributed by atoms with Crippen molar-refractivity contribution >= 4 is 33.8 Å². The third-order valence-electron chi connectivity index (χ3n) is 9.31. The molecule has 2 N–H and O–H groups in total. The number of aliphatic carboxylic acids is 1. The summed E-state index contributed by atoms with van der Waals surface area (Å²) >= 11 is 0. The molecule has 0 saturated carbocycles. The standard InChI is InChI=1S/C34H35N3O2.C2HF3O2/c38-31-15-16-34(21-24-7-3-1-4-8-24)22-28-27(13-14-30-29(28)23-35-36-30)33(34)32(31)25-9-11-26(12-10-25)39-20-19-37-17-5-2-6-18-37;3-2(4,5)1(6)7/h1,3-4,7-14,23H,2,5-6,15-22H2,(H,35,36);(H,6,7). The number of halogens is 3. The third-order valence-corrected chi connectivity index (χ3v) is 9.31. The van der Waals surface area contributed by atoms with E-state index in [1.54, 1.807) is 0 Å². The number of carbonyl (C=O) groups excluding carboxylic acids is 1. The first-order chi connectivity index (χ1) is 22.1. The van der Waals surface area contributed by atoms with Crippen molar-refractivity contribution in [2.75, 3.05) is 26.2 Å². The zero-order valence-electron chi connectivity index (χ0n) is 25.4. The minimum Gasteiger partial charge on any atom is -0.492 e. The predicted molar refractivity (Wildman–Crippen MR) is 169 cm³/mol. The second kappa shape index (κ2) is 13.1. The quantitative estimate of drug-likeness (QED) is 0.226. The number of piperidine rings is 1. The highest BCUT2D eigenvalue weighted by molar-refractivity contribution is 6.30. The molecule has 3 aliphatic rings. The van der Waals surface area contributed by atoms with Crippen LogP contribution in [-0.2, 0) is 22.4 Å². The van der Waals surface area contributed by atoms with E-state index in [1.807, 2.05) is 18.3 Å². The number of hydrogen-bond acceptors (Lipinski definition) is 5. The van der Waals surface area contributed by atoms with Crippen molar-refractivity contribution in [3.8, 4) is 5.75 Å². The van der Waals surface area contributed by atoms with E-state index in [-0.39, 0.29) is 11.2 Å². The SMILES string of the molecule is O=C(O)C(F)(F)F.O=C1CCC2(Cc3ccccc3)Cc3c(ccc4[nH]ncc34)C2=C1c1ccc(OCCN2CCCCC2)cc1. The number of ether oxygens (including phenoxy) is 1. The van der Waals surface area contributed by atoms with Gasteiger partial charge < -0.3 is 9.84 Å². The normalized spacial score (nSPS) is 19.8. The van der Waals surface area contributed by atoms with E-state index in [2.05, 4.69) is 69.7 Å². The number of hydrogen-bond donors (Lipinski definition) is 2. The molecule has 10 heteroatoms. The Morgan fingerprint density at radius 1 is 1.00 bits per heavy atom. The summed E-state index contributed by atoms with van der Waals surface area (Å²) in [6, 6.07) is 23.3. The first-order valence-corrected chi connectivity index (χ1v) is 15.7. The van der Waals surface area contributed by atoms with Gasteiger partial charge in [0.25, 0.3) is 0 Å². The molecule has 1 aliphatic heterocycles. The number of ketones is 1. The van der Waals surface area contributed by atoms with Crippen LogP contribution in [0.4, 0.5) is 13.2 Å². The van der Waals surface area contributed by atoms with Gasteiger partial charge >= 0.3 is 12.1 Å². The fraction of sp³-hybridized carbons (Fsp3) is 0.361. The molecule has 1 saturated heterocycles.